The van der Waals surface area contributed by atoms with E-state index >= 15 is 0 Å². The van der Waals surface area contributed by atoms with E-state index in [2.05, 4.69) is 0 Å². The molecule has 1 aromatic carbocycles. The van der Waals surface area contributed by atoms with Crippen LogP contribution in [0.2, 0.25) is 0 Å². The van der Waals surface area contributed by atoms with E-state index in [0.717, 1.165) is 4.90 Å². The van der Waals surface area contributed by atoms with Gasteiger partial charge in [0.2, 0.25) is 5.91 Å². The first-order chi connectivity index (χ1) is 9.28. The van der Waals surface area contributed by atoms with E-state index in [1.807, 2.05) is 0 Å². The third-order valence-corrected chi connectivity index (χ3v) is 2.60. The lowest BCUT2D eigenvalue weighted by atomic mass is 10.3. The van der Waals surface area contributed by atoms with Gasteiger partial charge in [-0.3, -0.25) is 4.79 Å². The SMILES string of the molecule is CN(CCC(F)(F)F)C(=O)CCOc1cccc(N)c1. The molecule has 0 spiro atoms. The summed E-state index contributed by atoms with van der Waals surface area (Å²) in [6.45, 7) is -0.251. The molecule has 7 heteroatoms. The lowest BCUT2D eigenvalue weighted by Gasteiger charge is -2.18. The van der Waals surface area contributed by atoms with Gasteiger partial charge in [0.05, 0.1) is 19.4 Å². The molecule has 0 aliphatic heterocycles. The number of hydrogen-bond acceptors (Lipinski definition) is 3. The summed E-state index contributed by atoms with van der Waals surface area (Å²) >= 11 is 0. The maximum Gasteiger partial charge on any atom is 0.390 e. The molecule has 0 saturated carbocycles. The molecule has 0 radical (unpaired) electrons. The molecule has 0 bridgehead atoms. The number of nitrogen functional groups attached to an aromatic ring is 1. The van der Waals surface area contributed by atoms with Crippen molar-refractivity contribution in [1.29, 1.82) is 0 Å². The molecule has 0 aromatic heterocycles. The van der Waals surface area contributed by atoms with Crippen LogP contribution in [-0.2, 0) is 4.79 Å². The second-order valence-corrected chi connectivity index (χ2v) is 4.35. The second-order valence-electron chi connectivity index (χ2n) is 4.35. The maximum atomic E-state index is 12.0. The third-order valence-electron chi connectivity index (χ3n) is 2.60. The highest BCUT2D eigenvalue weighted by Gasteiger charge is 2.27. The van der Waals surface area contributed by atoms with E-state index in [9.17, 15) is 18.0 Å². The van der Waals surface area contributed by atoms with E-state index in [1.54, 1.807) is 24.3 Å². The first-order valence-corrected chi connectivity index (χ1v) is 6.07. The predicted octanol–water partition coefficient (Wildman–Crippen LogP) is 2.45. The molecule has 0 aliphatic rings. The average molecular weight is 290 g/mol. The molecule has 0 unspecified atom stereocenters. The van der Waals surface area contributed by atoms with Gasteiger partial charge in [-0.15, -0.1) is 0 Å². The van der Waals surface area contributed by atoms with Gasteiger partial charge in [-0.25, -0.2) is 0 Å². The summed E-state index contributed by atoms with van der Waals surface area (Å²) in [6.07, 6.45) is -5.25. The average Bonchev–Trinajstić information content (AvgIpc) is 2.35. The van der Waals surface area contributed by atoms with Crippen molar-refractivity contribution < 1.29 is 22.7 Å². The van der Waals surface area contributed by atoms with Crippen molar-refractivity contribution in [3.8, 4) is 5.75 Å². The summed E-state index contributed by atoms with van der Waals surface area (Å²) in [5.41, 5.74) is 6.10. The van der Waals surface area contributed by atoms with Gasteiger partial charge >= 0.3 is 6.18 Å². The summed E-state index contributed by atoms with van der Waals surface area (Å²) < 4.78 is 41.4. The Bertz CT molecular complexity index is 449. The molecule has 1 rings (SSSR count). The Morgan fingerprint density at radius 2 is 2.10 bits per heavy atom. The summed E-state index contributed by atoms with van der Waals surface area (Å²) in [5.74, 6) is 0.133. The van der Waals surface area contributed by atoms with Gasteiger partial charge < -0.3 is 15.4 Å². The van der Waals surface area contributed by atoms with Crippen molar-refractivity contribution >= 4 is 11.6 Å². The van der Waals surface area contributed by atoms with Crippen LogP contribution in [0.5, 0.6) is 5.75 Å². The standard InChI is InChI=1S/C13H17F3N2O2/c1-18(7-6-13(14,15)16)12(19)5-8-20-11-4-2-3-10(17)9-11/h2-4,9H,5-8,17H2,1H3. The molecule has 2 N–H and O–H groups in total. The van der Waals surface area contributed by atoms with Crippen LogP contribution in [0.15, 0.2) is 24.3 Å². The Morgan fingerprint density at radius 3 is 2.70 bits per heavy atom. The Labute approximate surface area is 115 Å². The first kappa shape index (κ1) is 16.1. The number of benzene rings is 1. The topological polar surface area (TPSA) is 55.6 Å². The number of hydrogen-bond donors (Lipinski definition) is 1. The number of alkyl halides is 3. The molecule has 0 atom stereocenters. The molecule has 1 amide bonds. The van der Waals surface area contributed by atoms with Crippen LogP contribution in [0.4, 0.5) is 18.9 Å². The number of carbonyl (C=O) groups excluding carboxylic acids is 1. The largest absolute Gasteiger partial charge is 0.493 e. The van der Waals surface area contributed by atoms with Gasteiger partial charge in [-0.2, -0.15) is 13.2 Å². The molecule has 0 heterocycles. The molecule has 20 heavy (non-hydrogen) atoms. The van der Waals surface area contributed by atoms with Crippen LogP contribution in [0.25, 0.3) is 0 Å². The zero-order valence-corrected chi connectivity index (χ0v) is 11.1. The van der Waals surface area contributed by atoms with Gasteiger partial charge in [0.15, 0.2) is 0 Å². The molecule has 112 valence electrons. The smallest absolute Gasteiger partial charge is 0.390 e. The van der Waals surface area contributed by atoms with E-state index in [1.165, 1.54) is 7.05 Å². The number of ether oxygens (including phenoxy) is 1. The van der Waals surface area contributed by atoms with Crippen molar-refractivity contribution in [3.05, 3.63) is 24.3 Å². The normalized spacial score (nSPS) is 11.2. The van der Waals surface area contributed by atoms with Crippen molar-refractivity contribution in [1.82, 2.24) is 4.90 Å². The molecule has 1 aromatic rings. The second kappa shape index (κ2) is 7.02. The van der Waals surface area contributed by atoms with E-state index in [4.69, 9.17) is 10.5 Å². The van der Waals surface area contributed by atoms with Crippen molar-refractivity contribution in [2.75, 3.05) is 25.9 Å². The van der Waals surface area contributed by atoms with Gasteiger partial charge in [0.1, 0.15) is 5.75 Å². The minimum Gasteiger partial charge on any atom is -0.493 e. The van der Waals surface area contributed by atoms with Gasteiger partial charge in [0.25, 0.3) is 0 Å². The molecular formula is C13H17F3N2O2. The Kier molecular flexibility index (Phi) is 5.66. The lowest BCUT2D eigenvalue weighted by Crippen LogP contribution is -2.31. The number of rotatable bonds is 6. The van der Waals surface area contributed by atoms with E-state index < -0.39 is 18.5 Å². The number of amides is 1. The zero-order valence-electron chi connectivity index (χ0n) is 11.1. The zero-order chi connectivity index (χ0) is 15.2. The molecule has 0 aliphatic carbocycles. The van der Waals surface area contributed by atoms with Crippen LogP contribution < -0.4 is 10.5 Å². The summed E-state index contributed by atoms with van der Waals surface area (Å²) in [7, 11) is 1.34. The predicted molar refractivity (Wildman–Crippen MR) is 69.3 cm³/mol. The molecule has 0 fully saturated rings. The number of carbonyl (C=O) groups is 1. The van der Waals surface area contributed by atoms with Crippen LogP contribution in [0, 0.1) is 0 Å². The highest BCUT2D eigenvalue weighted by Crippen LogP contribution is 2.19. The monoisotopic (exact) mass is 290 g/mol. The van der Waals surface area contributed by atoms with Crippen molar-refractivity contribution in [2.24, 2.45) is 0 Å². The summed E-state index contributed by atoms with van der Waals surface area (Å²) in [5, 5.41) is 0. The minimum atomic E-state index is -4.26. The van der Waals surface area contributed by atoms with Crippen molar-refractivity contribution in [2.45, 2.75) is 19.0 Å². The third kappa shape index (κ3) is 6.31. The minimum absolute atomic E-state index is 0.0170. The summed E-state index contributed by atoms with van der Waals surface area (Å²) in [4.78, 5) is 12.6. The van der Waals surface area contributed by atoms with E-state index in [0.29, 0.717) is 11.4 Å². The first-order valence-electron chi connectivity index (χ1n) is 6.07. The number of nitrogens with two attached hydrogens (primary N) is 1. The van der Waals surface area contributed by atoms with Gasteiger partial charge in [0, 0.05) is 25.3 Å². The fraction of sp³-hybridized carbons (Fsp3) is 0.462. The lowest BCUT2D eigenvalue weighted by molar-refractivity contribution is -0.144. The number of nitrogens with zero attached hydrogens (tertiary/aromatic N) is 1. The Balaban J connectivity index is 2.29. The Morgan fingerprint density at radius 1 is 1.40 bits per heavy atom. The quantitative estimate of drug-likeness (QED) is 0.819. The fourth-order valence-electron chi connectivity index (χ4n) is 1.47. The van der Waals surface area contributed by atoms with Gasteiger partial charge in [-0.1, -0.05) is 6.07 Å². The number of halogens is 3. The van der Waals surface area contributed by atoms with Crippen molar-refractivity contribution in [3.63, 3.8) is 0 Å². The molecule has 0 saturated heterocycles. The molecule has 4 nitrogen and oxygen atoms in total. The Hall–Kier alpha value is -1.92. The highest BCUT2D eigenvalue weighted by atomic mass is 19.4. The van der Waals surface area contributed by atoms with Gasteiger partial charge in [-0.05, 0) is 12.1 Å². The maximum absolute atomic E-state index is 12.0. The van der Waals surface area contributed by atoms with Crippen LogP contribution >= 0.6 is 0 Å². The molecular weight excluding hydrogens is 273 g/mol. The fourth-order valence-corrected chi connectivity index (χ4v) is 1.47. The van der Waals surface area contributed by atoms with E-state index in [-0.39, 0.29) is 19.6 Å². The van der Waals surface area contributed by atoms with Crippen LogP contribution in [0.1, 0.15) is 12.8 Å². The van der Waals surface area contributed by atoms with Crippen LogP contribution in [-0.4, -0.2) is 37.2 Å². The van der Waals surface area contributed by atoms with Crippen LogP contribution in [0.3, 0.4) is 0 Å². The summed E-state index contributed by atoms with van der Waals surface area (Å²) in [6, 6.07) is 6.71. The highest BCUT2D eigenvalue weighted by molar-refractivity contribution is 5.75. The number of anilines is 1.